The maximum absolute atomic E-state index is 5.99. The fourth-order valence-corrected chi connectivity index (χ4v) is 2.90. The lowest BCUT2D eigenvalue weighted by Crippen LogP contribution is -2.41. The largest absolute Gasteiger partial charge is 0.311 e. The van der Waals surface area contributed by atoms with Crippen molar-refractivity contribution in [2.75, 3.05) is 6.54 Å². The molecule has 2 rings (SSSR count). The van der Waals surface area contributed by atoms with Gasteiger partial charge in [-0.05, 0) is 62.4 Å². The van der Waals surface area contributed by atoms with E-state index in [2.05, 4.69) is 31.3 Å². The third kappa shape index (κ3) is 2.41. The van der Waals surface area contributed by atoms with Crippen molar-refractivity contribution < 1.29 is 0 Å². The summed E-state index contributed by atoms with van der Waals surface area (Å²) in [5.41, 5.74) is 3.08. The monoisotopic (exact) mass is 237 g/mol. The molecule has 1 aliphatic rings. The van der Waals surface area contributed by atoms with Crippen LogP contribution in [0.5, 0.6) is 0 Å². The van der Waals surface area contributed by atoms with Crippen LogP contribution < -0.4 is 5.32 Å². The Bertz CT molecular complexity index is 367. The van der Waals surface area contributed by atoms with Crippen LogP contribution in [0.15, 0.2) is 18.2 Å². The molecule has 1 aromatic rings. The second kappa shape index (κ2) is 4.77. The highest BCUT2D eigenvalue weighted by molar-refractivity contribution is 6.30. The summed E-state index contributed by atoms with van der Waals surface area (Å²) in [6.07, 6.45) is 4.94. The zero-order chi connectivity index (χ0) is 11.6. The zero-order valence-electron chi connectivity index (χ0n) is 10.1. The van der Waals surface area contributed by atoms with E-state index < -0.39 is 0 Å². The van der Waals surface area contributed by atoms with Crippen LogP contribution in [0.25, 0.3) is 0 Å². The van der Waals surface area contributed by atoms with E-state index in [-0.39, 0.29) is 0 Å². The van der Waals surface area contributed by atoms with Crippen molar-refractivity contribution in [1.82, 2.24) is 5.32 Å². The Morgan fingerprint density at radius 1 is 1.44 bits per heavy atom. The Morgan fingerprint density at radius 2 is 2.25 bits per heavy atom. The lowest BCUT2D eigenvalue weighted by atomic mass is 9.85. The number of rotatable bonds is 3. The van der Waals surface area contributed by atoms with E-state index in [1.165, 1.54) is 36.9 Å². The molecule has 1 aromatic carbocycles. The summed E-state index contributed by atoms with van der Waals surface area (Å²) in [6.45, 7) is 5.60. The van der Waals surface area contributed by atoms with E-state index in [4.69, 9.17) is 11.6 Å². The van der Waals surface area contributed by atoms with Gasteiger partial charge in [0.2, 0.25) is 0 Å². The number of halogens is 1. The van der Waals surface area contributed by atoms with Crippen LogP contribution in [-0.4, -0.2) is 12.1 Å². The van der Waals surface area contributed by atoms with E-state index >= 15 is 0 Å². The molecule has 1 fully saturated rings. The van der Waals surface area contributed by atoms with Gasteiger partial charge >= 0.3 is 0 Å². The fourth-order valence-electron chi connectivity index (χ4n) is 2.67. The van der Waals surface area contributed by atoms with Gasteiger partial charge in [0, 0.05) is 10.6 Å². The minimum atomic E-state index is 0.332. The maximum atomic E-state index is 5.99. The topological polar surface area (TPSA) is 12.0 Å². The number of hydrogen-bond acceptors (Lipinski definition) is 1. The Labute approximate surface area is 103 Å². The lowest BCUT2D eigenvalue weighted by molar-refractivity contribution is 0.359. The molecule has 1 heterocycles. The molecule has 1 nitrogen and oxygen atoms in total. The van der Waals surface area contributed by atoms with Crippen LogP contribution in [0.1, 0.15) is 37.3 Å². The smallest absolute Gasteiger partial charge is 0.0408 e. The predicted octanol–water partition coefficient (Wildman–Crippen LogP) is 3.72. The molecule has 0 amide bonds. The molecule has 1 unspecified atom stereocenters. The summed E-state index contributed by atoms with van der Waals surface area (Å²) in [4.78, 5) is 0. The van der Waals surface area contributed by atoms with Gasteiger partial charge in [-0.3, -0.25) is 0 Å². The van der Waals surface area contributed by atoms with Crippen LogP contribution >= 0.6 is 11.6 Å². The second-order valence-electron chi connectivity index (χ2n) is 4.91. The summed E-state index contributed by atoms with van der Waals surface area (Å²) in [5.74, 6) is 0. The van der Waals surface area contributed by atoms with Crippen molar-refractivity contribution in [1.29, 1.82) is 0 Å². The third-order valence-electron chi connectivity index (χ3n) is 3.84. The van der Waals surface area contributed by atoms with Gasteiger partial charge in [-0.1, -0.05) is 24.6 Å². The van der Waals surface area contributed by atoms with Crippen LogP contribution in [-0.2, 0) is 6.42 Å². The van der Waals surface area contributed by atoms with Gasteiger partial charge in [0.15, 0.2) is 0 Å². The SMILES string of the molecule is CCC1(Cc2ccc(Cl)cc2C)CCCN1. The fraction of sp³-hybridized carbons (Fsp3) is 0.571. The molecule has 1 saturated heterocycles. The Balaban J connectivity index is 2.19. The van der Waals surface area contributed by atoms with Crippen molar-refractivity contribution in [2.45, 2.75) is 45.1 Å². The minimum Gasteiger partial charge on any atom is -0.311 e. The van der Waals surface area contributed by atoms with Gasteiger partial charge < -0.3 is 5.32 Å². The molecule has 88 valence electrons. The van der Waals surface area contributed by atoms with Gasteiger partial charge in [-0.2, -0.15) is 0 Å². The second-order valence-corrected chi connectivity index (χ2v) is 5.35. The van der Waals surface area contributed by atoms with Gasteiger partial charge in [-0.15, -0.1) is 0 Å². The van der Waals surface area contributed by atoms with Crippen molar-refractivity contribution in [3.05, 3.63) is 34.3 Å². The molecule has 1 aliphatic heterocycles. The highest BCUT2D eigenvalue weighted by Gasteiger charge is 2.31. The van der Waals surface area contributed by atoms with Gasteiger partial charge in [0.25, 0.3) is 0 Å². The number of nitrogens with one attached hydrogen (secondary N) is 1. The molecule has 0 radical (unpaired) electrons. The number of aryl methyl sites for hydroxylation is 1. The van der Waals surface area contributed by atoms with Crippen molar-refractivity contribution in [3.8, 4) is 0 Å². The van der Waals surface area contributed by atoms with Gasteiger partial charge in [-0.25, -0.2) is 0 Å². The molecular formula is C14H20ClN. The molecule has 0 spiro atoms. The summed E-state index contributed by atoms with van der Waals surface area (Å²) < 4.78 is 0. The van der Waals surface area contributed by atoms with Crippen LogP contribution in [0.2, 0.25) is 5.02 Å². The number of hydrogen-bond donors (Lipinski definition) is 1. The van der Waals surface area contributed by atoms with E-state index in [1.807, 2.05) is 6.07 Å². The molecule has 0 bridgehead atoms. The Kier molecular flexibility index (Phi) is 3.56. The average molecular weight is 238 g/mol. The zero-order valence-corrected chi connectivity index (χ0v) is 10.9. The van der Waals surface area contributed by atoms with Crippen molar-refractivity contribution in [3.63, 3.8) is 0 Å². The number of benzene rings is 1. The first-order valence-electron chi connectivity index (χ1n) is 6.15. The van der Waals surface area contributed by atoms with E-state index in [9.17, 15) is 0 Å². The predicted molar refractivity (Wildman–Crippen MR) is 70.2 cm³/mol. The van der Waals surface area contributed by atoms with Crippen molar-refractivity contribution >= 4 is 11.6 Å². The highest BCUT2D eigenvalue weighted by Crippen LogP contribution is 2.29. The quantitative estimate of drug-likeness (QED) is 0.845. The maximum Gasteiger partial charge on any atom is 0.0408 e. The normalized spacial score (nSPS) is 24.9. The van der Waals surface area contributed by atoms with Crippen molar-refractivity contribution in [2.24, 2.45) is 0 Å². The first-order valence-corrected chi connectivity index (χ1v) is 6.53. The molecule has 2 heteroatoms. The molecule has 0 saturated carbocycles. The Morgan fingerprint density at radius 3 is 2.81 bits per heavy atom. The highest BCUT2D eigenvalue weighted by atomic mass is 35.5. The molecule has 0 aliphatic carbocycles. The van der Waals surface area contributed by atoms with Gasteiger partial charge in [0.05, 0.1) is 0 Å². The van der Waals surface area contributed by atoms with Crippen LogP contribution in [0.3, 0.4) is 0 Å². The summed E-state index contributed by atoms with van der Waals surface area (Å²) in [6, 6.07) is 6.24. The molecular weight excluding hydrogens is 218 g/mol. The third-order valence-corrected chi connectivity index (χ3v) is 4.08. The standard InChI is InChI=1S/C14H20ClN/c1-3-14(7-4-8-16-14)10-12-5-6-13(15)9-11(12)2/h5-6,9,16H,3-4,7-8,10H2,1-2H3. The van der Waals surface area contributed by atoms with E-state index in [0.29, 0.717) is 5.54 Å². The molecule has 16 heavy (non-hydrogen) atoms. The lowest BCUT2D eigenvalue weighted by Gasteiger charge is -2.29. The molecule has 1 atom stereocenters. The first-order chi connectivity index (χ1) is 7.65. The summed E-state index contributed by atoms with van der Waals surface area (Å²) in [7, 11) is 0. The summed E-state index contributed by atoms with van der Waals surface area (Å²) >= 11 is 5.99. The average Bonchev–Trinajstić information content (AvgIpc) is 2.72. The van der Waals surface area contributed by atoms with E-state index in [1.54, 1.807) is 0 Å². The van der Waals surface area contributed by atoms with Crippen LogP contribution in [0.4, 0.5) is 0 Å². The van der Waals surface area contributed by atoms with Gasteiger partial charge in [0.1, 0.15) is 0 Å². The molecule has 1 N–H and O–H groups in total. The first kappa shape index (κ1) is 11.9. The summed E-state index contributed by atoms with van der Waals surface area (Å²) in [5, 5.41) is 4.52. The van der Waals surface area contributed by atoms with Crippen LogP contribution in [0, 0.1) is 6.92 Å². The Hall–Kier alpha value is -0.530. The molecule has 0 aromatic heterocycles. The van der Waals surface area contributed by atoms with E-state index in [0.717, 1.165) is 11.4 Å². The minimum absolute atomic E-state index is 0.332.